The highest BCUT2D eigenvalue weighted by molar-refractivity contribution is 6.42. The molecule has 1 aromatic heterocycles. The van der Waals surface area contributed by atoms with Gasteiger partial charge in [0.1, 0.15) is 29.8 Å². The lowest BCUT2D eigenvalue weighted by Gasteiger charge is -2.12. The molecule has 0 spiro atoms. The van der Waals surface area contributed by atoms with Gasteiger partial charge in [-0.2, -0.15) is 5.26 Å². The highest BCUT2D eigenvalue weighted by atomic mass is 35.5. The lowest BCUT2D eigenvalue weighted by atomic mass is 9.98. The fourth-order valence-electron chi connectivity index (χ4n) is 3.21. The Hall–Kier alpha value is -3.52. The summed E-state index contributed by atoms with van der Waals surface area (Å²) >= 11 is 12.2. The van der Waals surface area contributed by atoms with Gasteiger partial charge in [0.2, 0.25) is 0 Å². The Bertz CT molecular complexity index is 1280. The number of hydrogen-bond donors (Lipinski definition) is 1. The normalized spacial score (nSPS) is 10.5. The number of nitrogens with zero attached hydrogens (tertiary/aromatic N) is 2. The third kappa shape index (κ3) is 4.64. The van der Waals surface area contributed by atoms with Gasteiger partial charge < -0.3 is 10.5 Å². The van der Waals surface area contributed by atoms with Crippen molar-refractivity contribution in [2.24, 2.45) is 0 Å². The molecule has 1 heterocycles. The van der Waals surface area contributed by atoms with Gasteiger partial charge in [0.05, 0.1) is 15.7 Å². The first-order chi connectivity index (χ1) is 15.0. The van der Waals surface area contributed by atoms with Crippen LogP contribution in [0.1, 0.15) is 11.1 Å². The number of rotatable bonds is 5. The van der Waals surface area contributed by atoms with Gasteiger partial charge in [-0.15, -0.1) is 0 Å². The monoisotopic (exact) mass is 445 g/mol. The molecule has 152 valence electrons. The van der Waals surface area contributed by atoms with Gasteiger partial charge in [-0.3, -0.25) is 0 Å². The zero-order valence-corrected chi connectivity index (χ0v) is 17.9. The van der Waals surface area contributed by atoms with E-state index in [1.165, 1.54) is 0 Å². The van der Waals surface area contributed by atoms with E-state index in [0.29, 0.717) is 39.2 Å². The molecule has 4 aromatic rings. The number of pyridine rings is 1. The number of aromatic nitrogens is 1. The fourth-order valence-corrected chi connectivity index (χ4v) is 3.51. The first-order valence-corrected chi connectivity index (χ1v) is 10.2. The predicted octanol–water partition coefficient (Wildman–Crippen LogP) is 6.76. The summed E-state index contributed by atoms with van der Waals surface area (Å²) in [5.41, 5.74) is 10.3. The second-order valence-electron chi connectivity index (χ2n) is 6.86. The van der Waals surface area contributed by atoms with Crippen LogP contribution in [0.4, 0.5) is 5.82 Å². The van der Waals surface area contributed by atoms with Gasteiger partial charge in [-0.05, 0) is 41.5 Å². The Morgan fingerprint density at radius 1 is 0.871 bits per heavy atom. The molecule has 6 heteroatoms. The van der Waals surface area contributed by atoms with Crippen molar-refractivity contribution in [3.8, 4) is 34.2 Å². The molecule has 0 aliphatic rings. The average Bonchev–Trinajstić information content (AvgIpc) is 2.80. The molecule has 0 radical (unpaired) electrons. The number of anilines is 1. The third-order valence-electron chi connectivity index (χ3n) is 4.77. The van der Waals surface area contributed by atoms with Crippen molar-refractivity contribution in [1.82, 2.24) is 4.98 Å². The molecule has 0 fully saturated rings. The summed E-state index contributed by atoms with van der Waals surface area (Å²) in [6, 6.07) is 26.7. The van der Waals surface area contributed by atoms with Crippen LogP contribution in [0, 0.1) is 11.3 Å². The molecule has 0 bridgehead atoms. The third-order valence-corrected chi connectivity index (χ3v) is 5.51. The molecule has 0 atom stereocenters. The number of hydrogen-bond acceptors (Lipinski definition) is 4. The molecule has 4 nitrogen and oxygen atoms in total. The first-order valence-electron chi connectivity index (χ1n) is 9.48. The highest BCUT2D eigenvalue weighted by Gasteiger charge is 2.15. The minimum Gasteiger partial charge on any atom is -0.489 e. The standard InChI is InChI=1S/C25H17Cl2N3O/c26-22-10-9-18(12-23(22)27)24-13-20(21(14-28)25(29)30-24)17-7-4-8-19(11-17)31-15-16-5-2-1-3-6-16/h1-13H,15H2,(H2,29,30). The van der Waals surface area contributed by atoms with Crippen molar-refractivity contribution < 1.29 is 4.74 Å². The number of benzene rings is 3. The quantitative estimate of drug-likeness (QED) is 0.368. The van der Waals surface area contributed by atoms with Crippen LogP contribution in [0.15, 0.2) is 78.9 Å². The molecule has 0 unspecified atom stereocenters. The lowest BCUT2D eigenvalue weighted by molar-refractivity contribution is 0.306. The number of nitriles is 1. The van der Waals surface area contributed by atoms with Crippen LogP contribution in [-0.2, 0) is 6.61 Å². The SMILES string of the molecule is N#Cc1c(-c2cccc(OCc3ccccc3)c2)cc(-c2ccc(Cl)c(Cl)c2)nc1N. The van der Waals surface area contributed by atoms with Gasteiger partial charge in [-0.1, -0.05) is 71.7 Å². The Kier molecular flexibility index (Phi) is 6.08. The summed E-state index contributed by atoms with van der Waals surface area (Å²) in [6.07, 6.45) is 0. The van der Waals surface area contributed by atoms with E-state index in [-0.39, 0.29) is 5.82 Å². The summed E-state index contributed by atoms with van der Waals surface area (Å²) in [7, 11) is 0. The molecule has 0 aliphatic carbocycles. The van der Waals surface area contributed by atoms with Crippen LogP contribution in [0.2, 0.25) is 10.0 Å². The maximum Gasteiger partial charge on any atom is 0.142 e. The minimum absolute atomic E-state index is 0.150. The van der Waals surface area contributed by atoms with E-state index in [1.54, 1.807) is 12.1 Å². The second-order valence-corrected chi connectivity index (χ2v) is 7.67. The van der Waals surface area contributed by atoms with Crippen LogP contribution < -0.4 is 10.5 Å². The predicted molar refractivity (Wildman–Crippen MR) is 125 cm³/mol. The van der Waals surface area contributed by atoms with Gasteiger partial charge in [-0.25, -0.2) is 4.98 Å². The highest BCUT2D eigenvalue weighted by Crippen LogP contribution is 2.34. The van der Waals surface area contributed by atoms with Crippen molar-refractivity contribution in [2.45, 2.75) is 6.61 Å². The smallest absolute Gasteiger partial charge is 0.142 e. The molecular weight excluding hydrogens is 429 g/mol. The van der Waals surface area contributed by atoms with Gasteiger partial charge in [0.25, 0.3) is 0 Å². The number of nitrogen functional groups attached to an aromatic ring is 1. The Morgan fingerprint density at radius 2 is 1.68 bits per heavy atom. The molecule has 3 aromatic carbocycles. The molecular formula is C25H17Cl2N3O. The molecule has 31 heavy (non-hydrogen) atoms. The van der Waals surface area contributed by atoms with E-state index < -0.39 is 0 Å². The Balaban J connectivity index is 1.72. The van der Waals surface area contributed by atoms with Gasteiger partial charge in [0.15, 0.2) is 0 Å². The van der Waals surface area contributed by atoms with Crippen LogP contribution in [-0.4, -0.2) is 4.98 Å². The first kappa shape index (κ1) is 20.7. The van der Waals surface area contributed by atoms with Crippen LogP contribution in [0.25, 0.3) is 22.4 Å². The van der Waals surface area contributed by atoms with E-state index in [0.717, 1.165) is 16.7 Å². The zero-order valence-electron chi connectivity index (χ0n) is 16.3. The summed E-state index contributed by atoms with van der Waals surface area (Å²) in [4.78, 5) is 4.39. The van der Waals surface area contributed by atoms with Gasteiger partial charge in [0, 0.05) is 11.1 Å². The molecule has 4 rings (SSSR count). The Labute approximate surface area is 190 Å². The molecule has 2 N–H and O–H groups in total. The number of nitrogens with two attached hydrogens (primary N) is 1. The van der Waals surface area contributed by atoms with E-state index in [9.17, 15) is 5.26 Å². The topological polar surface area (TPSA) is 71.9 Å². The number of ether oxygens (including phenoxy) is 1. The van der Waals surface area contributed by atoms with E-state index in [2.05, 4.69) is 11.1 Å². The van der Waals surface area contributed by atoms with Crippen molar-refractivity contribution >= 4 is 29.0 Å². The molecule has 0 amide bonds. The maximum atomic E-state index is 9.68. The number of halogens is 2. The van der Waals surface area contributed by atoms with Crippen LogP contribution in [0.5, 0.6) is 5.75 Å². The van der Waals surface area contributed by atoms with Crippen LogP contribution >= 0.6 is 23.2 Å². The lowest BCUT2D eigenvalue weighted by Crippen LogP contribution is -2.00. The second kappa shape index (κ2) is 9.09. The maximum absolute atomic E-state index is 9.68. The van der Waals surface area contributed by atoms with E-state index in [1.807, 2.05) is 66.7 Å². The van der Waals surface area contributed by atoms with Crippen molar-refractivity contribution in [1.29, 1.82) is 5.26 Å². The summed E-state index contributed by atoms with van der Waals surface area (Å²) < 4.78 is 5.94. The summed E-state index contributed by atoms with van der Waals surface area (Å²) in [5.74, 6) is 0.841. The molecule has 0 saturated heterocycles. The zero-order chi connectivity index (χ0) is 21.8. The van der Waals surface area contributed by atoms with Crippen molar-refractivity contribution in [3.05, 3.63) is 100 Å². The van der Waals surface area contributed by atoms with Crippen molar-refractivity contribution in [2.75, 3.05) is 5.73 Å². The van der Waals surface area contributed by atoms with E-state index in [4.69, 9.17) is 33.7 Å². The summed E-state index contributed by atoms with van der Waals surface area (Å²) in [5, 5.41) is 10.6. The molecule has 0 aliphatic heterocycles. The Morgan fingerprint density at radius 3 is 2.42 bits per heavy atom. The van der Waals surface area contributed by atoms with Gasteiger partial charge >= 0.3 is 0 Å². The van der Waals surface area contributed by atoms with Crippen molar-refractivity contribution in [3.63, 3.8) is 0 Å². The minimum atomic E-state index is 0.150. The van der Waals surface area contributed by atoms with Crippen LogP contribution in [0.3, 0.4) is 0 Å². The molecule has 0 saturated carbocycles. The van der Waals surface area contributed by atoms with E-state index >= 15 is 0 Å². The largest absolute Gasteiger partial charge is 0.489 e. The summed E-state index contributed by atoms with van der Waals surface area (Å²) in [6.45, 7) is 0.447. The fraction of sp³-hybridized carbons (Fsp3) is 0.0400. The average molecular weight is 446 g/mol.